The molecule has 0 aliphatic rings. The predicted molar refractivity (Wildman–Crippen MR) is 169 cm³/mol. The van der Waals surface area contributed by atoms with Crippen LogP contribution in [0.3, 0.4) is 0 Å². The molecule has 2 amide bonds. The highest BCUT2D eigenvalue weighted by Crippen LogP contribution is 2.32. The van der Waals surface area contributed by atoms with Crippen molar-refractivity contribution in [2.45, 2.75) is 20.4 Å². The van der Waals surface area contributed by atoms with Gasteiger partial charge in [-0.1, -0.05) is 49.2 Å². The quantitative estimate of drug-likeness (QED) is 0.180. The number of phenols is 1. The highest BCUT2D eigenvalue weighted by atomic mass is 35.5. The zero-order valence-corrected chi connectivity index (χ0v) is 25.3. The summed E-state index contributed by atoms with van der Waals surface area (Å²) in [6.07, 6.45) is 3.14. The Balaban J connectivity index is 0.00000484. The van der Waals surface area contributed by atoms with Crippen molar-refractivity contribution in [3.8, 4) is 16.9 Å². The van der Waals surface area contributed by atoms with Gasteiger partial charge in [0.15, 0.2) is 0 Å². The zero-order valence-electron chi connectivity index (χ0n) is 22.9. The summed E-state index contributed by atoms with van der Waals surface area (Å²) in [5.41, 5.74) is 1.14. The van der Waals surface area contributed by atoms with Gasteiger partial charge in [-0.25, -0.2) is 4.98 Å². The Morgan fingerprint density at radius 3 is 2.31 bits per heavy atom. The smallest absolute Gasteiger partial charge is 0.259 e. The maximum Gasteiger partial charge on any atom is 0.259 e. The molecule has 2 aromatic heterocycles. The first-order valence-corrected chi connectivity index (χ1v) is 13.7. The van der Waals surface area contributed by atoms with Crippen molar-refractivity contribution in [2.75, 3.05) is 30.3 Å². The molecule has 4 aromatic rings. The SMILES string of the molecule is CCN(CC)CCn1cccc(-c2ccc(C(=O)Nc3c(O)cc(Cl)cc3C(=O)Nc3ccc(Cl)cn3)cc2)c1=O.Cl. The Labute approximate surface area is 259 Å². The predicted octanol–water partition coefficient (Wildman–Crippen LogP) is 6.19. The topological polar surface area (TPSA) is 117 Å². The average molecular weight is 631 g/mol. The molecule has 12 heteroatoms. The lowest BCUT2D eigenvalue weighted by molar-refractivity contribution is 0.102. The van der Waals surface area contributed by atoms with E-state index in [0.29, 0.717) is 22.7 Å². The number of hydrogen-bond acceptors (Lipinski definition) is 6. The van der Waals surface area contributed by atoms with Gasteiger partial charge in [-0.15, -0.1) is 12.4 Å². The van der Waals surface area contributed by atoms with Gasteiger partial charge >= 0.3 is 0 Å². The third-order valence-electron chi connectivity index (χ3n) is 6.56. The van der Waals surface area contributed by atoms with Gasteiger partial charge in [0.05, 0.1) is 16.3 Å². The number of nitrogens with one attached hydrogen (secondary N) is 2. The van der Waals surface area contributed by atoms with Crippen molar-refractivity contribution in [1.29, 1.82) is 0 Å². The summed E-state index contributed by atoms with van der Waals surface area (Å²) in [5, 5.41) is 16.2. The van der Waals surface area contributed by atoms with Crippen molar-refractivity contribution in [1.82, 2.24) is 14.5 Å². The maximum absolute atomic E-state index is 13.1. The molecule has 2 aromatic carbocycles. The van der Waals surface area contributed by atoms with Crippen LogP contribution in [0.2, 0.25) is 10.0 Å². The van der Waals surface area contributed by atoms with E-state index < -0.39 is 11.8 Å². The van der Waals surface area contributed by atoms with Crippen LogP contribution < -0.4 is 16.2 Å². The van der Waals surface area contributed by atoms with Crippen molar-refractivity contribution in [3.05, 3.63) is 105 Å². The summed E-state index contributed by atoms with van der Waals surface area (Å²) in [6.45, 7) is 7.33. The van der Waals surface area contributed by atoms with Crippen LogP contribution in [0.5, 0.6) is 5.75 Å². The summed E-state index contributed by atoms with van der Waals surface area (Å²) in [4.78, 5) is 45.5. The maximum atomic E-state index is 13.1. The third-order valence-corrected chi connectivity index (χ3v) is 7.01. The molecule has 220 valence electrons. The molecule has 0 radical (unpaired) electrons. The van der Waals surface area contributed by atoms with Crippen molar-refractivity contribution < 1.29 is 14.7 Å². The lowest BCUT2D eigenvalue weighted by Gasteiger charge is -2.18. The molecule has 42 heavy (non-hydrogen) atoms. The van der Waals surface area contributed by atoms with Crippen LogP contribution in [0, 0.1) is 0 Å². The number of amides is 2. The second-order valence-electron chi connectivity index (χ2n) is 9.14. The van der Waals surface area contributed by atoms with Gasteiger partial charge in [0.25, 0.3) is 17.4 Å². The molecule has 0 saturated heterocycles. The average Bonchev–Trinajstić information content (AvgIpc) is 2.96. The number of benzene rings is 2. The molecule has 4 rings (SSSR count). The molecule has 0 aliphatic carbocycles. The van der Waals surface area contributed by atoms with Crippen LogP contribution in [0.1, 0.15) is 34.6 Å². The van der Waals surface area contributed by atoms with E-state index in [2.05, 4.69) is 34.4 Å². The molecule has 0 unspecified atom stereocenters. The third kappa shape index (κ3) is 7.89. The highest BCUT2D eigenvalue weighted by molar-refractivity contribution is 6.32. The first-order valence-electron chi connectivity index (χ1n) is 13.0. The molecule has 9 nitrogen and oxygen atoms in total. The van der Waals surface area contributed by atoms with Gasteiger partial charge in [-0.3, -0.25) is 14.4 Å². The molecule has 2 heterocycles. The fraction of sp³-hybridized carbons (Fsp3) is 0.200. The summed E-state index contributed by atoms with van der Waals surface area (Å²) < 4.78 is 1.68. The lowest BCUT2D eigenvalue weighted by Crippen LogP contribution is -2.31. The number of halogens is 3. The van der Waals surface area contributed by atoms with Gasteiger partial charge in [-0.05, 0) is 61.1 Å². The Morgan fingerprint density at radius 2 is 1.67 bits per heavy atom. The normalized spacial score (nSPS) is 10.7. The summed E-state index contributed by atoms with van der Waals surface area (Å²) >= 11 is 11.9. The van der Waals surface area contributed by atoms with Crippen LogP contribution in [0.15, 0.2) is 77.9 Å². The monoisotopic (exact) mass is 629 g/mol. The minimum atomic E-state index is -0.648. The minimum absolute atomic E-state index is 0. The fourth-order valence-electron chi connectivity index (χ4n) is 4.24. The molecule has 0 saturated carbocycles. The summed E-state index contributed by atoms with van der Waals surface area (Å²) in [7, 11) is 0. The standard InChI is InChI=1S/C30H29Cl2N5O4.ClH/c1-3-36(4-2)14-15-37-13-5-6-23(30(37)41)19-7-9-20(10-8-19)28(39)35-27-24(16-22(32)17-25(27)38)29(40)34-26-12-11-21(31)18-33-26;/h5-13,16-18,38H,3-4,14-15H2,1-2H3,(H,35,39)(H,33,34,40);1H. The van der Waals surface area contributed by atoms with Crippen molar-refractivity contribution >= 4 is 58.9 Å². The number of aromatic hydroxyl groups is 1. The molecule has 0 fully saturated rings. The number of likely N-dealkylation sites (N-methyl/N-ethyl adjacent to an activating group) is 1. The summed E-state index contributed by atoms with van der Waals surface area (Å²) in [5.74, 6) is -1.38. The van der Waals surface area contributed by atoms with E-state index in [9.17, 15) is 19.5 Å². The van der Waals surface area contributed by atoms with Crippen LogP contribution in [-0.2, 0) is 6.54 Å². The molecule has 0 aliphatic heterocycles. The largest absolute Gasteiger partial charge is 0.506 e. The molecular formula is C30H30Cl3N5O4. The van der Waals surface area contributed by atoms with E-state index in [1.54, 1.807) is 47.2 Å². The van der Waals surface area contributed by atoms with Gasteiger partial charge in [0.2, 0.25) is 0 Å². The molecule has 0 spiro atoms. The second kappa shape index (κ2) is 14.8. The number of pyridine rings is 2. The fourth-order valence-corrected chi connectivity index (χ4v) is 4.57. The number of anilines is 2. The number of aromatic nitrogens is 2. The number of hydrogen-bond donors (Lipinski definition) is 3. The summed E-state index contributed by atoms with van der Waals surface area (Å²) in [6, 6.07) is 15.7. The van der Waals surface area contributed by atoms with E-state index in [1.165, 1.54) is 24.4 Å². The van der Waals surface area contributed by atoms with Gasteiger partial charge < -0.3 is 25.2 Å². The van der Waals surface area contributed by atoms with E-state index in [0.717, 1.165) is 19.6 Å². The van der Waals surface area contributed by atoms with Crippen LogP contribution >= 0.6 is 35.6 Å². The highest BCUT2D eigenvalue weighted by Gasteiger charge is 2.20. The van der Waals surface area contributed by atoms with Crippen molar-refractivity contribution in [2.24, 2.45) is 0 Å². The zero-order chi connectivity index (χ0) is 29.5. The Morgan fingerprint density at radius 1 is 0.952 bits per heavy atom. The second-order valence-corrected chi connectivity index (χ2v) is 10.0. The van der Waals surface area contributed by atoms with Crippen LogP contribution in [0.25, 0.3) is 11.1 Å². The molecular weight excluding hydrogens is 601 g/mol. The number of rotatable bonds is 10. The van der Waals surface area contributed by atoms with Crippen LogP contribution in [-0.4, -0.2) is 51.0 Å². The number of carbonyl (C=O) groups is 2. The van der Waals surface area contributed by atoms with Crippen LogP contribution in [0.4, 0.5) is 11.5 Å². The number of nitrogens with zero attached hydrogens (tertiary/aromatic N) is 3. The van der Waals surface area contributed by atoms with Gasteiger partial charge in [0.1, 0.15) is 11.6 Å². The minimum Gasteiger partial charge on any atom is -0.506 e. The number of phenolic OH excluding ortho intramolecular Hbond substituents is 1. The van der Waals surface area contributed by atoms with Gasteiger partial charge in [0, 0.05) is 47.7 Å². The number of carbonyl (C=O) groups excluding carboxylic acids is 2. The Kier molecular flexibility index (Phi) is 11.5. The first-order chi connectivity index (χ1) is 19.7. The van der Waals surface area contributed by atoms with E-state index in [-0.39, 0.29) is 51.4 Å². The first kappa shape index (κ1) is 32.6. The lowest BCUT2D eigenvalue weighted by atomic mass is 10.0. The van der Waals surface area contributed by atoms with Crippen molar-refractivity contribution in [3.63, 3.8) is 0 Å². The molecule has 0 atom stereocenters. The molecule has 3 N–H and O–H groups in total. The van der Waals surface area contributed by atoms with E-state index >= 15 is 0 Å². The Bertz CT molecular complexity index is 1610. The van der Waals surface area contributed by atoms with E-state index in [4.69, 9.17) is 23.2 Å². The Hall–Kier alpha value is -3.89. The van der Waals surface area contributed by atoms with Gasteiger partial charge in [-0.2, -0.15) is 0 Å². The molecule has 0 bridgehead atoms. The van der Waals surface area contributed by atoms with E-state index in [1.807, 2.05) is 6.07 Å².